The molecule has 1 fully saturated rings. The van der Waals surface area contributed by atoms with Crippen LogP contribution in [-0.2, 0) is 0 Å². The van der Waals surface area contributed by atoms with Crippen LogP contribution in [0.4, 0.5) is 0 Å². The predicted octanol–water partition coefficient (Wildman–Crippen LogP) is 2.75. The minimum Gasteiger partial charge on any atom is -0.349 e. The monoisotopic (exact) mass is 289 g/mol. The van der Waals surface area contributed by atoms with E-state index in [0.717, 1.165) is 12.8 Å². The van der Waals surface area contributed by atoms with Crippen molar-refractivity contribution < 1.29 is 4.79 Å². The van der Waals surface area contributed by atoms with Crippen LogP contribution in [0.3, 0.4) is 0 Å². The lowest BCUT2D eigenvalue weighted by Gasteiger charge is -2.35. The highest BCUT2D eigenvalue weighted by Gasteiger charge is 2.31. The number of nitriles is 1. The summed E-state index contributed by atoms with van der Waals surface area (Å²) in [4.78, 5) is 16.1. The number of carbonyl (C=O) groups excluding carboxylic acids is 1. The summed E-state index contributed by atoms with van der Waals surface area (Å²) >= 11 is 1.86. The van der Waals surface area contributed by atoms with Gasteiger partial charge < -0.3 is 5.32 Å². The van der Waals surface area contributed by atoms with Crippen molar-refractivity contribution in [1.29, 1.82) is 5.26 Å². The maximum Gasteiger partial charge on any atom is 0.269 e. The molecule has 1 aromatic rings. The Morgan fingerprint density at radius 3 is 2.75 bits per heavy atom. The number of nitrogens with one attached hydrogen (secondary N) is 1. The van der Waals surface area contributed by atoms with E-state index < -0.39 is 0 Å². The summed E-state index contributed by atoms with van der Waals surface area (Å²) < 4.78 is 0.181. The second-order valence-electron chi connectivity index (χ2n) is 5.17. The first kappa shape index (κ1) is 14.9. The molecule has 20 heavy (non-hydrogen) atoms. The summed E-state index contributed by atoms with van der Waals surface area (Å²) in [5.74, 6) is -0.159. The highest BCUT2D eigenvalue weighted by Crippen LogP contribution is 2.37. The van der Waals surface area contributed by atoms with Crippen LogP contribution in [0.15, 0.2) is 18.3 Å². The number of carbonyl (C=O) groups is 1. The second-order valence-corrected chi connectivity index (χ2v) is 6.45. The zero-order valence-corrected chi connectivity index (χ0v) is 12.5. The molecule has 1 saturated carbocycles. The quantitative estimate of drug-likeness (QED) is 0.925. The molecule has 0 aromatic carbocycles. The van der Waals surface area contributed by atoms with E-state index in [1.165, 1.54) is 25.5 Å². The van der Waals surface area contributed by atoms with Crippen LogP contribution in [0.1, 0.15) is 48.2 Å². The summed E-state index contributed by atoms with van der Waals surface area (Å²) in [6.45, 7) is 0.689. The van der Waals surface area contributed by atoms with Crippen LogP contribution in [0.5, 0.6) is 0 Å². The Morgan fingerprint density at radius 1 is 1.45 bits per heavy atom. The number of nitrogens with zero attached hydrogens (tertiary/aromatic N) is 2. The summed E-state index contributed by atoms with van der Waals surface area (Å²) in [5, 5.41) is 11.7. The van der Waals surface area contributed by atoms with Crippen molar-refractivity contribution in [1.82, 2.24) is 10.3 Å². The molecule has 0 saturated heterocycles. The average molecular weight is 289 g/mol. The molecule has 1 aliphatic carbocycles. The Labute approximate surface area is 124 Å². The first-order chi connectivity index (χ1) is 9.69. The molecule has 0 atom stereocenters. The lowest BCUT2D eigenvalue weighted by Crippen LogP contribution is -2.42. The maximum absolute atomic E-state index is 12.1. The fourth-order valence-corrected chi connectivity index (χ4v) is 3.49. The number of pyridine rings is 1. The molecule has 0 unspecified atom stereocenters. The third kappa shape index (κ3) is 3.51. The van der Waals surface area contributed by atoms with Gasteiger partial charge in [0.05, 0.1) is 5.56 Å². The SMILES string of the molecule is CSC1(CNC(=O)c2ccc(C#N)cn2)CCCCC1. The van der Waals surface area contributed by atoms with Gasteiger partial charge in [0.1, 0.15) is 11.8 Å². The van der Waals surface area contributed by atoms with E-state index in [2.05, 4.69) is 16.6 Å². The van der Waals surface area contributed by atoms with Crippen LogP contribution in [0.25, 0.3) is 0 Å². The molecular formula is C15H19N3OS. The molecule has 1 aromatic heterocycles. The van der Waals surface area contributed by atoms with Crippen molar-refractivity contribution in [2.24, 2.45) is 0 Å². The van der Waals surface area contributed by atoms with Crippen LogP contribution < -0.4 is 5.32 Å². The summed E-state index contributed by atoms with van der Waals surface area (Å²) in [5.41, 5.74) is 0.838. The summed E-state index contributed by atoms with van der Waals surface area (Å²) in [6, 6.07) is 5.21. The second kappa shape index (κ2) is 6.76. The zero-order valence-electron chi connectivity index (χ0n) is 11.7. The van der Waals surface area contributed by atoms with Gasteiger partial charge in [-0.05, 0) is 31.2 Å². The molecular weight excluding hydrogens is 270 g/mol. The fourth-order valence-electron chi connectivity index (χ4n) is 2.58. The van der Waals surface area contributed by atoms with Gasteiger partial charge in [-0.15, -0.1) is 0 Å². The van der Waals surface area contributed by atoms with Crippen LogP contribution in [0.2, 0.25) is 0 Å². The van der Waals surface area contributed by atoms with Crippen molar-refractivity contribution in [2.45, 2.75) is 36.9 Å². The lowest BCUT2D eigenvalue weighted by atomic mass is 9.88. The Balaban J connectivity index is 1.95. The van der Waals surface area contributed by atoms with E-state index >= 15 is 0 Å². The van der Waals surface area contributed by atoms with Crippen LogP contribution >= 0.6 is 11.8 Å². The molecule has 0 aliphatic heterocycles. The summed E-state index contributed by atoms with van der Waals surface area (Å²) in [7, 11) is 0. The molecule has 0 radical (unpaired) electrons. The summed E-state index contributed by atoms with van der Waals surface area (Å²) in [6.07, 6.45) is 9.66. The molecule has 1 amide bonds. The van der Waals surface area contributed by atoms with Gasteiger partial charge in [0.15, 0.2) is 0 Å². The van der Waals surface area contributed by atoms with E-state index in [1.807, 2.05) is 17.8 Å². The smallest absolute Gasteiger partial charge is 0.269 e. The molecule has 1 heterocycles. The van der Waals surface area contributed by atoms with Gasteiger partial charge in [0.25, 0.3) is 5.91 Å². The minimum atomic E-state index is -0.159. The number of rotatable bonds is 4. The number of hydrogen-bond donors (Lipinski definition) is 1. The Morgan fingerprint density at radius 2 is 2.20 bits per heavy atom. The largest absolute Gasteiger partial charge is 0.349 e. The molecule has 1 aliphatic rings. The highest BCUT2D eigenvalue weighted by atomic mass is 32.2. The van der Waals surface area contributed by atoms with Gasteiger partial charge in [-0.3, -0.25) is 4.79 Å². The Hall–Kier alpha value is -1.54. The number of aromatic nitrogens is 1. The van der Waals surface area contributed by atoms with Crippen LogP contribution in [0, 0.1) is 11.3 Å². The van der Waals surface area contributed by atoms with Gasteiger partial charge in [-0.2, -0.15) is 17.0 Å². The van der Waals surface area contributed by atoms with Crippen molar-refractivity contribution in [3.8, 4) is 6.07 Å². The molecule has 5 heteroatoms. The van der Waals surface area contributed by atoms with E-state index in [-0.39, 0.29) is 10.7 Å². The Bertz CT molecular complexity index is 501. The zero-order chi connectivity index (χ0) is 14.4. The topological polar surface area (TPSA) is 65.8 Å². The lowest BCUT2D eigenvalue weighted by molar-refractivity contribution is 0.0942. The molecule has 0 spiro atoms. The van der Waals surface area contributed by atoms with Gasteiger partial charge in [-0.1, -0.05) is 19.3 Å². The minimum absolute atomic E-state index is 0.159. The normalized spacial score (nSPS) is 17.2. The van der Waals surface area contributed by atoms with Gasteiger partial charge >= 0.3 is 0 Å². The highest BCUT2D eigenvalue weighted by molar-refractivity contribution is 8.00. The van der Waals surface area contributed by atoms with E-state index in [9.17, 15) is 4.79 Å². The van der Waals surface area contributed by atoms with Crippen molar-refractivity contribution >= 4 is 17.7 Å². The van der Waals surface area contributed by atoms with Gasteiger partial charge in [-0.25, -0.2) is 4.98 Å². The predicted molar refractivity (Wildman–Crippen MR) is 80.6 cm³/mol. The molecule has 1 N–H and O–H groups in total. The maximum atomic E-state index is 12.1. The van der Waals surface area contributed by atoms with Gasteiger partial charge in [0.2, 0.25) is 0 Å². The first-order valence-electron chi connectivity index (χ1n) is 6.89. The molecule has 2 rings (SSSR count). The standard InChI is InChI=1S/C15H19N3OS/c1-20-15(7-3-2-4-8-15)11-18-14(19)13-6-5-12(9-16)10-17-13/h5-6,10H,2-4,7-8,11H2,1H3,(H,18,19). The van der Waals surface area contributed by atoms with Crippen LogP contribution in [-0.4, -0.2) is 28.4 Å². The third-order valence-corrected chi connectivity index (χ3v) is 5.31. The van der Waals surface area contributed by atoms with Gasteiger partial charge in [0, 0.05) is 17.5 Å². The molecule has 0 bridgehead atoms. The van der Waals surface area contributed by atoms with E-state index in [0.29, 0.717) is 17.8 Å². The van der Waals surface area contributed by atoms with Crippen molar-refractivity contribution in [2.75, 3.05) is 12.8 Å². The van der Waals surface area contributed by atoms with E-state index in [4.69, 9.17) is 5.26 Å². The average Bonchev–Trinajstić information content (AvgIpc) is 2.53. The third-order valence-electron chi connectivity index (χ3n) is 3.89. The van der Waals surface area contributed by atoms with E-state index in [1.54, 1.807) is 12.1 Å². The van der Waals surface area contributed by atoms with Crippen molar-refractivity contribution in [3.05, 3.63) is 29.6 Å². The van der Waals surface area contributed by atoms with Crippen molar-refractivity contribution in [3.63, 3.8) is 0 Å². The fraction of sp³-hybridized carbons (Fsp3) is 0.533. The molecule has 106 valence electrons. The Kier molecular flexibility index (Phi) is 5.02. The number of thioether (sulfide) groups is 1. The number of amides is 1. The molecule has 4 nitrogen and oxygen atoms in total. The number of hydrogen-bond acceptors (Lipinski definition) is 4. The first-order valence-corrected chi connectivity index (χ1v) is 8.11.